The summed E-state index contributed by atoms with van der Waals surface area (Å²) in [5.74, 6) is -50.6. The van der Waals surface area contributed by atoms with Gasteiger partial charge in [-0.1, -0.05) is 6.58 Å². The number of aliphatic hydroxyl groups excluding tert-OH is 1. The maximum absolute atomic E-state index is 13.8. The van der Waals surface area contributed by atoms with E-state index >= 15 is 0 Å². The number of hydrogen-bond acceptors (Lipinski definition) is 7. The number of carbonyl (C=O) groups excluding carboxylic acids is 1. The first-order valence-electron chi connectivity index (χ1n) is 10.0. The molecule has 0 bridgehead atoms. The SMILES string of the molecule is C=C(C)C(=O)OCC(O)COP(=O)([O-])OC(F)(F)C(F)(F)C(F)(F)C(F)(F)C(F)(F)C(F)(F)C(F)(F)CCC(F)(F)F.[Na+]. The van der Waals surface area contributed by atoms with E-state index in [0.717, 1.165) is 6.92 Å². The normalized spacial score (nSPS) is 16.7. The van der Waals surface area contributed by atoms with Gasteiger partial charge < -0.3 is 19.3 Å². The van der Waals surface area contributed by atoms with Crippen molar-refractivity contribution in [2.45, 2.75) is 73.7 Å². The van der Waals surface area contributed by atoms with Crippen LogP contribution in [0.25, 0.3) is 0 Å². The predicted molar refractivity (Wildman–Crippen MR) is 96.3 cm³/mol. The van der Waals surface area contributed by atoms with E-state index in [1.807, 2.05) is 0 Å². The van der Waals surface area contributed by atoms with Gasteiger partial charge in [-0.25, -0.2) is 9.32 Å². The summed E-state index contributed by atoms with van der Waals surface area (Å²) in [5.41, 5.74) is -0.325. The Balaban J connectivity index is 0. The Bertz CT molecular complexity index is 1030. The number of phosphoric acid groups is 1. The van der Waals surface area contributed by atoms with E-state index in [4.69, 9.17) is 0 Å². The van der Waals surface area contributed by atoms with Crippen molar-refractivity contribution >= 4 is 13.8 Å². The second kappa shape index (κ2) is 13.8. The molecule has 0 heterocycles. The Hall–Kier alpha value is -0.910. The van der Waals surface area contributed by atoms with Crippen LogP contribution in [0.1, 0.15) is 19.8 Å². The molecule has 0 saturated heterocycles. The second-order valence-corrected chi connectivity index (χ2v) is 9.41. The summed E-state index contributed by atoms with van der Waals surface area (Å²) in [6.07, 6.45) is -22.5. The van der Waals surface area contributed by atoms with Gasteiger partial charge in [0.15, 0.2) is 0 Å². The molecule has 2 unspecified atom stereocenters. The Morgan fingerprint density at radius 2 is 1.16 bits per heavy atom. The van der Waals surface area contributed by atoms with Gasteiger partial charge in [-0.3, -0.25) is 4.57 Å². The zero-order valence-electron chi connectivity index (χ0n) is 20.9. The molecule has 2 atom stereocenters. The minimum Gasteiger partial charge on any atom is -0.756 e. The van der Waals surface area contributed by atoms with E-state index < -0.39 is 93.8 Å². The molecular formula is C17H15F17NaO7P. The van der Waals surface area contributed by atoms with Gasteiger partial charge in [0.2, 0.25) is 0 Å². The van der Waals surface area contributed by atoms with E-state index in [2.05, 4.69) is 20.4 Å². The fourth-order valence-electron chi connectivity index (χ4n) is 2.20. The zero-order valence-corrected chi connectivity index (χ0v) is 23.8. The molecule has 0 saturated carbocycles. The molecule has 43 heavy (non-hydrogen) atoms. The molecule has 0 rings (SSSR count). The van der Waals surface area contributed by atoms with Crippen molar-refractivity contribution in [1.82, 2.24) is 0 Å². The maximum atomic E-state index is 13.8. The molecule has 0 radical (unpaired) electrons. The Morgan fingerprint density at radius 3 is 1.56 bits per heavy atom. The van der Waals surface area contributed by atoms with Gasteiger partial charge in [0.25, 0.3) is 7.82 Å². The minimum atomic E-state index is -8.71. The molecule has 250 valence electrons. The van der Waals surface area contributed by atoms with Crippen LogP contribution in [0.3, 0.4) is 0 Å². The number of ether oxygens (including phenoxy) is 1. The zero-order chi connectivity index (χ0) is 34.2. The number of alkyl halides is 17. The molecule has 0 aromatic rings. The molecule has 7 nitrogen and oxygen atoms in total. The van der Waals surface area contributed by atoms with E-state index in [0.29, 0.717) is 0 Å². The Morgan fingerprint density at radius 1 is 0.767 bits per heavy atom. The summed E-state index contributed by atoms with van der Waals surface area (Å²) in [6.45, 7) is 0.939. The smallest absolute Gasteiger partial charge is 0.756 e. The van der Waals surface area contributed by atoms with E-state index in [1.165, 1.54) is 0 Å². The summed E-state index contributed by atoms with van der Waals surface area (Å²) in [5, 5.41) is 9.27. The molecule has 0 spiro atoms. The molecular weight excluding hydrogens is 693 g/mol. The molecule has 0 fully saturated rings. The molecule has 0 aliphatic carbocycles. The fourth-order valence-corrected chi connectivity index (χ4v) is 3.01. The van der Waals surface area contributed by atoms with Gasteiger partial charge in [0.1, 0.15) is 12.7 Å². The molecule has 0 amide bonds. The van der Waals surface area contributed by atoms with Gasteiger partial charge in [-0.05, 0) is 6.92 Å². The molecule has 0 aromatic heterocycles. The Labute approximate surface area is 250 Å². The predicted octanol–water partition coefficient (Wildman–Crippen LogP) is 2.72. The first-order chi connectivity index (χ1) is 18.1. The van der Waals surface area contributed by atoms with Gasteiger partial charge in [-0.2, -0.15) is 74.6 Å². The van der Waals surface area contributed by atoms with E-state index in [1.54, 1.807) is 0 Å². The maximum Gasteiger partial charge on any atom is 1.00 e. The number of carbonyl (C=O) groups is 1. The monoisotopic (exact) mass is 708 g/mol. The third-order valence-electron chi connectivity index (χ3n) is 4.53. The third-order valence-corrected chi connectivity index (χ3v) is 5.45. The van der Waals surface area contributed by atoms with Crippen LogP contribution in [0.2, 0.25) is 0 Å². The van der Waals surface area contributed by atoms with Crippen LogP contribution in [-0.2, 0) is 23.1 Å². The van der Waals surface area contributed by atoms with Crippen LogP contribution < -0.4 is 34.5 Å². The van der Waals surface area contributed by atoms with Gasteiger partial charge in [0.05, 0.1) is 6.61 Å². The number of rotatable bonds is 16. The van der Waals surface area contributed by atoms with Crippen LogP contribution in [-0.4, -0.2) is 78.2 Å². The van der Waals surface area contributed by atoms with Crippen LogP contribution in [0.5, 0.6) is 0 Å². The van der Waals surface area contributed by atoms with Crippen molar-refractivity contribution in [2.75, 3.05) is 13.2 Å². The molecule has 0 aromatic carbocycles. The standard InChI is InChI=1S/C17H16F17O7P.Na/c1-7(2)9(36)39-5-8(35)6-40-42(37,38)41-17(33,34)16(31,32)15(29,30)14(27,28)13(25,26)12(23,24)10(18,19)3-4-11(20,21)22;/h8,35H,1,3-6H2,2H3,(H,37,38);/q;+1/p-1. The number of aliphatic hydroxyl groups is 1. The van der Waals surface area contributed by atoms with Crippen molar-refractivity contribution in [3.8, 4) is 0 Å². The van der Waals surface area contributed by atoms with Crippen molar-refractivity contribution in [3.05, 3.63) is 12.2 Å². The fraction of sp³-hybridized carbons (Fsp3) is 0.824. The topological polar surface area (TPSA) is 105 Å². The largest absolute Gasteiger partial charge is 1.00 e. The third kappa shape index (κ3) is 9.55. The van der Waals surface area contributed by atoms with Crippen molar-refractivity contribution in [3.63, 3.8) is 0 Å². The molecule has 26 heteroatoms. The summed E-state index contributed by atoms with van der Waals surface area (Å²) < 4.78 is 248. The number of halogens is 17. The first-order valence-corrected chi connectivity index (χ1v) is 11.5. The average molecular weight is 708 g/mol. The van der Waals surface area contributed by atoms with Gasteiger partial charge in [0, 0.05) is 18.4 Å². The quantitative estimate of drug-likeness (QED) is 0.0866. The van der Waals surface area contributed by atoms with Gasteiger partial charge >= 0.3 is 83.3 Å². The summed E-state index contributed by atoms with van der Waals surface area (Å²) in [4.78, 5) is 22.4. The molecule has 1 N–H and O–H groups in total. The van der Waals surface area contributed by atoms with Crippen molar-refractivity contribution < 1.29 is 137 Å². The van der Waals surface area contributed by atoms with E-state index in [-0.39, 0.29) is 35.1 Å². The number of esters is 1. The minimum absolute atomic E-state index is 0. The summed E-state index contributed by atoms with van der Waals surface area (Å²) in [7, 11) is -7.22. The second-order valence-electron chi connectivity index (χ2n) is 8.08. The Kier molecular flexibility index (Phi) is 14.2. The first kappa shape index (κ1) is 44.2. The van der Waals surface area contributed by atoms with Crippen LogP contribution in [0.15, 0.2) is 12.2 Å². The molecule has 0 aliphatic heterocycles. The van der Waals surface area contributed by atoms with Crippen molar-refractivity contribution in [1.29, 1.82) is 0 Å². The average Bonchev–Trinajstić information content (AvgIpc) is 2.77. The summed E-state index contributed by atoms with van der Waals surface area (Å²) >= 11 is 0. The van der Waals surface area contributed by atoms with Crippen molar-refractivity contribution in [2.24, 2.45) is 0 Å². The van der Waals surface area contributed by atoms with Gasteiger partial charge in [-0.15, -0.1) is 0 Å². The number of phosphoric ester groups is 1. The number of hydrogen-bond donors (Lipinski definition) is 1. The van der Waals surface area contributed by atoms with Crippen LogP contribution in [0, 0.1) is 0 Å². The molecule has 0 aliphatic rings. The van der Waals surface area contributed by atoms with Crippen LogP contribution >= 0.6 is 7.82 Å². The van der Waals surface area contributed by atoms with Crippen LogP contribution in [0.4, 0.5) is 74.6 Å². The summed E-state index contributed by atoms with van der Waals surface area (Å²) in [6, 6.07) is 0. The van der Waals surface area contributed by atoms with E-state index in [9.17, 15) is 94.0 Å².